The second-order valence-corrected chi connectivity index (χ2v) is 16.0. The molecule has 1 aromatic heterocycles. The molecule has 0 saturated carbocycles. The van der Waals surface area contributed by atoms with E-state index in [4.69, 9.17) is 11.6 Å². The number of benzene rings is 1. The van der Waals surface area contributed by atoms with Gasteiger partial charge in [0.15, 0.2) is 0 Å². The normalized spacial score (nSPS) is 20.6. The number of anilines is 2. The van der Waals surface area contributed by atoms with Crippen LogP contribution in [0.4, 0.5) is 11.5 Å². The molecule has 0 radical (unpaired) electrons. The molecule has 9 nitrogen and oxygen atoms in total. The van der Waals surface area contributed by atoms with Gasteiger partial charge >= 0.3 is 0 Å². The number of hydrogen-bond acceptors (Lipinski definition) is 7. The Morgan fingerprint density at radius 1 is 1.15 bits per heavy atom. The lowest BCUT2D eigenvalue weighted by molar-refractivity contribution is -0.117. The summed E-state index contributed by atoms with van der Waals surface area (Å²) in [5.74, 6) is 0.919. The Bertz CT molecular complexity index is 1380. The Hall–Kier alpha value is -2.21. The number of sulfonamides is 1. The summed E-state index contributed by atoms with van der Waals surface area (Å²) >= 11 is 6.47. The number of aromatic nitrogens is 1. The van der Waals surface area contributed by atoms with Crippen LogP contribution in [0.15, 0.2) is 36.5 Å². The second kappa shape index (κ2) is 12.5. The highest BCUT2D eigenvalue weighted by atomic mass is 35.5. The molecule has 0 bridgehead atoms. The number of carbonyl (C=O) groups is 1. The molecule has 0 unspecified atom stereocenters. The Morgan fingerprint density at radius 3 is 2.62 bits per heavy atom. The van der Waals surface area contributed by atoms with E-state index < -0.39 is 25.1 Å². The van der Waals surface area contributed by atoms with Crippen molar-refractivity contribution in [3.8, 4) is 11.1 Å². The Balaban J connectivity index is 1.37. The molecule has 2 saturated heterocycles. The fourth-order valence-electron chi connectivity index (χ4n) is 5.11. The maximum atomic E-state index is 12.8. The lowest BCUT2D eigenvalue weighted by atomic mass is 9.96. The first-order valence-electron chi connectivity index (χ1n) is 13.4. The molecule has 39 heavy (non-hydrogen) atoms. The van der Waals surface area contributed by atoms with Crippen molar-refractivity contribution >= 4 is 48.9 Å². The highest BCUT2D eigenvalue weighted by Gasteiger charge is 2.32. The summed E-state index contributed by atoms with van der Waals surface area (Å²) in [6.07, 6.45) is 4.59. The first-order valence-corrected chi connectivity index (χ1v) is 17.1. The monoisotopic (exact) mass is 596 g/mol. The van der Waals surface area contributed by atoms with Crippen molar-refractivity contribution < 1.29 is 21.6 Å². The minimum Gasteiger partial charge on any atom is -0.385 e. The fraction of sp³-hybridized carbons (Fsp3) is 0.556. The number of hydrogen-bond donors (Lipinski definition) is 2. The fourth-order valence-corrected chi connectivity index (χ4v) is 8.31. The lowest BCUT2D eigenvalue weighted by Crippen LogP contribution is -2.43. The summed E-state index contributed by atoms with van der Waals surface area (Å²) in [5, 5.41) is 6.23. The van der Waals surface area contributed by atoms with E-state index in [1.807, 2.05) is 24.3 Å². The van der Waals surface area contributed by atoms with Crippen LogP contribution in [0.5, 0.6) is 0 Å². The summed E-state index contributed by atoms with van der Waals surface area (Å²) in [7, 11) is -6.23. The van der Waals surface area contributed by atoms with Crippen LogP contribution in [0.2, 0.25) is 5.02 Å². The zero-order valence-electron chi connectivity index (χ0n) is 22.4. The molecular weight excluding hydrogens is 560 g/mol. The third-order valence-corrected chi connectivity index (χ3v) is 11.7. The topological polar surface area (TPSA) is 126 Å². The molecular formula is C27H37ClN4O5S2. The first kappa shape index (κ1) is 29.8. The number of halogens is 1. The van der Waals surface area contributed by atoms with E-state index in [1.54, 1.807) is 19.9 Å². The largest absolute Gasteiger partial charge is 0.385 e. The van der Waals surface area contributed by atoms with Gasteiger partial charge < -0.3 is 10.6 Å². The standard InChI is InChI=1S/C27H37ClN4O5S2/c1-19(2)39(36,37)32-10-4-5-21(18-32)13-27(33)31-26-15-24(25(28)17-30-26)22-6-3-7-23(14-22)29-16-20-8-11-38(34,35)12-9-20/h3,6-7,14-15,17,19-21,29H,4-5,8-13,16,18H2,1-2H3,(H,30,31,33)/t21-/m0/s1. The Morgan fingerprint density at radius 2 is 1.90 bits per heavy atom. The molecule has 12 heteroatoms. The average molecular weight is 597 g/mol. The van der Waals surface area contributed by atoms with E-state index in [0.29, 0.717) is 49.2 Å². The number of pyridine rings is 1. The third-order valence-electron chi connectivity index (χ3n) is 7.48. The van der Waals surface area contributed by atoms with Crippen molar-refractivity contribution in [3.05, 3.63) is 41.6 Å². The van der Waals surface area contributed by atoms with Crippen LogP contribution >= 0.6 is 11.6 Å². The number of nitrogens with one attached hydrogen (secondary N) is 2. The molecule has 1 atom stereocenters. The molecule has 2 aliphatic heterocycles. The maximum absolute atomic E-state index is 12.8. The average Bonchev–Trinajstić information content (AvgIpc) is 2.89. The number of carbonyl (C=O) groups excluding carboxylic acids is 1. The SMILES string of the molecule is CC(C)S(=O)(=O)N1CCC[C@@H](CC(=O)Nc2cc(-c3cccc(NCC4CCS(=O)(=O)CC4)c3)c(Cl)cn2)C1. The molecule has 0 spiro atoms. The van der Waals surface area contributed by atoms with Gasteiger partial charge in [0.25, 0.3) is 0 Å². The molecule has 2 fully saturated rings. The predicted octanol–water partition coefficient (Wildman–Crippen LogP) is 4.42. The zero-order valence-corrected chi connectivity index (χ0v) is 24.8. The van der Waals surface area contributed by atoms with Crippen LogP contribution in [0.3, 0.4) is 0 Å². The molecule has 2 aromatic rings. The molecule has 1 aromatic carbocycles. The minimum atomic E-state index is -3.34. The van der Waals surface area contributed by atoms with Crippen LogP contribution in [0, 0.1) is 11.8 Å². The molecule has 0 aliphatic carbocycles. The minimum absolute atomic E-state index is 0.0499. The van der Waals surface area contributed by atoms with E-state index in [0.717, 1.165) is 29.7 Å². The molecule has 3 heterocycles. The maximum Gasteiger partial charge on any atom is 0.225 e. The quantitative estimate of drug-likeness (QED) is 0.439. The van der Waals surface area contributed by atoms with Gasteiger partial charge in [-0.25, -0.2) is 26.1 Å². The molecule has 1 amide bonds. The number of nitrogens with zero attached hydrogens (tertiary/aromatic N) is 2. The first-order chi connectivity index (χ1) is 18.4. The van der Waals surface area contributed by atoms with Gasteiger partial charge in [-0.1, -0.05) is 23.7 Å². The van der Waals surface area contributed by atoms with Crippen LogP contribution in [0.1, 0.15) is 46.0 Å². The van der Waals surface area contributed by atoms with Crippen LogP contribution in [-0.4, -0.2) is 68.4 Å². The third kappa shape index (κ3) is 7.93. The van der Waals surface area contributed by atoms with Crippen molar-refractivity contribution in [1.82, 2.24) is 9.29 Å². The van der Waals surface area contributed by atoms with Crippen molar-refractivity contribution in [2.45, 2.75) is 51.2 Å². The van der Waals surface area contributed by atoms with E-state index in [-0.39, 0.29) is 29.8 Å². The molecule has 2 N–H and O–H groups in total. The second-order valence-electron chi connectivity index (χ2n) is 10.8. The Kier molecular flexibility index (Phi) is 9.57. The van der Waals surface area contributed by atoms with E-state index in [1.165, 1.54) is 10.5 Å². The zero-order chi connectivity index (χ0) is 28.2. The van der Waals surface area contributed by atoms with E-state index in [2.05, 4.69) is 15.6 Å². The van der Waals surface area contributed by atoms with Gasteiger partial charge in [0.1, 0.15) is 15.7 Å². The van der Waals surface area contributed by atoms with Gasteiger partial charge in [-0.05, 0) is 75.1 Å². The van der Waals surface area contributed by atoms with Gasteiger partial charge in [-0.15, -0.1) is 0 Å². The molecule has 4 rings (SSSR count). The van der Waals surface area contributed by atoms with Gasteiger partial charge in [0, 0.05) is 43.5 Å². The van der Waals surface area contributed by atoms with Crippen LogP contribution in [0.25, 0.3) is 11.1 Å². The van der Waals surface area contributed by atoms with Crippen LogP contribution in [-0.2, 0) is 24.7 Å². The number of rotatable bonds is 9. The molecule has 214 valence electrons. The van der Waals surface area contributed by atoms with Crippen molar-refractivity contribution in [2.75, 3.05) is 41.8 Å². The van der Waals surface area contributed by atoms with Crippen molar-refractivity contribution in [1.29, 1.82) is 0 Å². The number of amides is 1. The van der Waals surface area contributed by atoms with Crippen LogP contribution < -0.4 is 10.6 Å². The number of sulfone groups is 1. The summed E-state index contributed by atoms with van der Waals surface area (Å²) in [5.41, 5.74) is 2.48. The lowest BCUT2D eigenvalue weighted by Gasteiger charge is -2.32. The number of piperidine rings is 1. The van der Waals surface area contributed by atoms with Gasteiger partial charge in [-0.2, -0.15) is 0 Å². The summed E-state index contributed by atoms with van der Waals surface area (Å²) in [4.78, 5) is 17.1. The highest BCUT2D eigenvalue weighted by molar-refractivity contribution is 7.91. The summed E-state index contributed by atoms with van der Waals surface area (Å²) in [6.45, 7) is 4.89. The smallest absolute Gasteiger partial charge is 0.225 e. The van der Waals surface area contributed by atoms with Crippen molar-refractivity contribution in [3.63, 3.8) is 0 Å². The highest BCUT2D eigenvalue weighted by Crippen LogP contribution is 2.32. The Labute approximate surface area is 236 Å². The van der Waals surface area contributed by atoms with Gasteiger partial charge in [-0.3, -0.25) is 4.79 Å². The predicted molar refractivity (Wildman–Crippen MR) is 156 cm³/mol. The summed E-state index contributed by atoms with van der Waals surface area (Å²) < 4.78 is 50.0. The molecule has 2 aliphatic rings. The summed E-state index contributed by atoms with van der Waals surface area (Å²) in [6, 6.07) is 9.50. The van der Waals surface area contributed by atoms with Crippen molar-refractivity contribution in [2.24, 2.45) is 11.8 Å². The van der Waals surface area contributed by atoms with Gasteiger partial charge in [0.2, 0.25) is 15.9 Å². The van der Waals surface area contributed by atoms with E-state index in [9.17, 15) is 21.6 Å². The van der Waals surface area contributed by atoms with Gasteiger partial charge in [0.05, 0.1) is 21.8 Å². The van der Waals surface area contributed by atoms with E-state index >= 15 is 0 Å².